The van der Waals surface area contributed by atoms with Crippen LogP contribution in [0.25, 0.3) is 0 Å². The van der Waals surface area contributed by atoms with Gasteiger partial charge in [-0.2, -0.15) is 4.31 Å². The van der Waals surface area contributed by atoms with Crippen LogP contribution in [0.1, 0.15) is 55.7 Å². The first-order chi connectivity index (χ1) is 21.0. The third-order valence-electron chi connectivity index (χ3n) is 8.11. The van der Waals surface area contributed by atoms with Crippen molar-refractivity contribution in [3.05, 3.63) is 82.4 Å². The molecule has 3 aromatic rings. The maximum atomic E-state index is 15.2. The average molecular weight is 645 g/mol. The molecule has 0 spiro atoms. The van der Waals surface area contributed by atoms with Gasteiger partial charge in [-0.25, -0.2) is 22.8 Å². The Morgan fingerprint density at radius 2 is 1.91 bits per heavy atom. The number of carbonyl (C=O) groups is 1. The Bertz CT molecular complexity index is 1560. The third kappa shape index (κ3) is 7.55. The smallest absolute Gasteiger partial charge is 0.316 e. The van der Waals surface area contributed by atoms with Crippen LogP contribution in [0.4, 0.5) is 10.1 Å². The van der Waals surface area contributed by atoms with Crippen LogP contribution in [-0.4, -0.2) is 71.7 Å². The fraction of sp³-hybridized carbons (Fsp3) is 0.452. The first kappa shape index (κ1) is 32.2. The van der Waals surface area contributed by atoms with E-state index in [1.165, 1.54) is 12.1 Å². The van der Waals surface area contributed by atoms with Gasteiger partial charge < -0.3 is 21.1 Å². The fourth-order valence-corrected chi connectivity index (χ4v) is 7.82. The molecule has 0 aliphatic carbocycles. The highest BCUT2D eigenvalue weighted by molar-refractivity contribution is 7.89. The number of aromatic nitrogens is 2. The summed E-state index contributed by atoms with van der Waals surface area (Å²) in [5.41, 5.74) is 8.50. The number of fused-ring (bicyclic) bond motifs is 2. The second-order valence-electron chi connectivity index (χ2n) is 11.6. The number of ether oxygens (including phenoxy) is 1. The summed E-state index contributed by atoms with van der Waals surface area (Å²) < 4.78 is 48.1. The number of rotatable bonds is 10. The molecule has 236 valence electrons. The van der Waals surface area contributed by atoms with Crippen molar-refractivity contribution in [1.82, 2.24) is 19.6 Å². The molecule has 4 N–H and O–H groups in total. The van der Waals surface area contributed by atoms with Gasteiger partial charge in [-0.15, -0.1) is 0 Å². The monoisotopic (exact) mass is 644 g/mol. The largest absolute Gasteiger partial charge is 0.461 e. The number of nitrogens with one attached hydrogen (secondary N) is 2. The van der Waals surface area contributed by atoms with Gasteiger partial charge in [0, 0.05) is 59.8 Å². The van der Waals surface area contributed by atoms with Crippen LogP contribution in [0.5, 0.6) is 6.01 Å². The van der Waals surface area contributed by atoms with E-state index in [4.69, 9.17) is 22.1 Å². The maximum Gasteiger partial charge on any atom is 0.316 e. The van der Waals surface area contributed by atoms with Gasteiger partial charge in [0.2, 0.25) is 15.9 Å². The number of hydrogen-bond acceptors (Lipinski definition) is 8. The van der Waals surface area contributed by atoms with E-state index in [-0.39, 0.29) is 42.1 Å². The Morgan fingerprint density at radius 1 is 1.18 bits per heavy atom. The molecule has 5 atom stereocenters. The van der Waals surface area contributed by atoms with Gasteiger partial charge in [0.05, 0.1) is 17.9 Å². The average Bonchev–Trinajstić information content (AvgIpc) is 3.10. The fourth-order valence-electron chi connectivity index (χ4n) is 5.89. The Balaban J connectivity index is 1.36. The summed E-state index contributed by atoms with van der Waals surface area (Å²) in [6, 6.07) is 10.4. The minimum atomic E-state index is -3.38. The SMILES string of the molecule is CC(C)Oc1ncc([C@H](c2ccc(Cl)cc2)[C@H](N)C(=O)Nc2cccc(F)c2CC[C@H]2CN[C@@H]3CCCS(=O)(=O)N2C3)cn1. The molecular formula is C31H38ClFN6O4S. The highest BCUT2D eigenvalue weighted by Crippen LogP contribution is 2.31. The molecule has 10 nitrogen and oxygen atoms in total. The summed E-state index contributed by atoms with van der Waals surface area (Å²) in [7, 11) is -3.38. The highest BCUT2D eigenvalue weighted by Gasteiger charge is 2.38. The Kier molecular flexibility index (Phi) is 10.2. The standard InChI is InChI=1S/C31H38ClFN6O4S/c1-19(2)43-31-36-15-21(16-37-31)28(20-8-10-22(32)11-9-20)29(34)30(40)38-27-7-3-6-26(33)25(27)13-12-24-17-35-23-5-4-14-44(41,42)39(24)18-23/h3,6-11,15-16,19,23-24,28-29,35H,4-5,12-14,17-18,34H2,1-2H3,(H,38,40)/t23-,24+,28+,29+/m1/s1. The summed E-state index contributed by atoms with van der Waals surface area (Å²) >= 11 is 6.12. The van der Waals surface area contributed by atoms with Crippen molar-refractivity contribution in [1.29, 1.82) is 0 Å². The van der Waals surface area contributed by atoms with Gasteiger partial charge >= 0.3 is 6.01 Å². The van der Waals surface area contributed by atoms with E-state index in [1.54, 1.807) is 47.0 Å². The van der Waals surface area contributed by atoms with Gasteiger partial charge in [-0.3, -0.25) is 4.79 Å². The molecule has 2 aliphatic rings. The lowest BCUT2D eigenvalue weighted by molar-refractivity contribution is -0.117. The first-order valence-electron chi connectivity index (χ1n) is 14.8. The summed E-state index contributed by atoms with van der Waals surface area (Å²) in [5, 5.41) is 6.80. The molecule has 0 saturated carbocycles. The predicted molar refractivity (Wildman–Crippen MR) is 168 cm³/mol. The summed E-state index contributed by atoms with van der Waals surface area (Å²) in [6.07, 6.45) is 5.09. The van der Waals surface area contributed by atoms with Crippen molar-refractivity contribution < 1.29 is 22.3 Å². The Labute approximate surface area is 262 Å². The van der Waals surface area contributed by atoms with E-state index in [1.807, 2.05) is 13.8 Å². The molecule has 2 aliphatic heterocycles. The van der Waals surface area contributed by atoms with E-state index in [0.717, 1.165) is 12.0 Å². The van der Waals surface area contributed by atoms with Crippen molar-refractivity contribution in [3.63, 3.8) is 0 Å². The molecule has 0 radical (unpaired) electrons. The second kappa shape index (κ2) is 13.9. The van der Waals surface area contributed by atoms with Crippen LogP contribution in [0.2, 0.25) is 5.02 Å². The van der Waals surface area contributed by atoms with Gasteiger partial charge in [-0.05, 0) is 74.9 Å². The zero-order chi connectivity index (χ0) is 31.4. The lowest BCUT2D eigenvalue weighted by Crippen LogP contribution is -2.57. The van der Waals surface area contributed by atoms with Gasteiger partial charge in [0.25, 0.3) is 0 Å². The Morgan fingerprint density at radius 3 is 2.61 bits per heavy atom. The molecule has 5 rings (SSSR count). The molecule has 2 fully saturated rings. The number of carbonyl (C=O) groups excluding carboxylic acids is 1. The number of amides is 1. The van der Waals surface area contributed by atoms with Crippen LogP contribution >= 0.6 is 11.6 Å². The number of anilines is 1. The van der Waals surface area contributed by atoms with Crippen molar-refractivity contribution in [2.75, 3.05) is 24.2 Å². The zero-order valence-electron chi connectivity index (χ0n) is 24.7. The molecular weight excluding hydrogens is 607 g/mol. The molecule has 1 aromatic heterocycles. The lowest BCUT2D eigenvalue weighted by atomic mass is 9.86. The number of nitrogens with zero attached hydrogens (tertiary/aromatic N) is 3. The molecule has 2 aromatic carbocycles. The Hall–Kier alpha value is -3.16. The quantitative estimate of drug-likeness (QED) is 0.302. The molecule has 3 heterocycles. The number of sulfonamides is 1. The number of benzene rings is 2. The maximum absolute atomic E-state index is 15.2. The number of halogens is 2. The van der Waals surface area contributed by atoms with Crippen LogP contribution in [-0.2, 0) is 21.2 Å². The van der Waals surface area contributed by atoms with E-state index in [9.17, 15) is 13.2 Å². The van der Waals surface area contributed by atoms with Crippen molar-refractivity contribution in [3.8, 4) is 6.01 Å². The van der Waals surface area contributed by atoms with Gasteiger partial charge in [0.1, 0.15) is 5.82 Å². The summed E-state index contributed by atoms with van der Waals surface area (Å²) in [4.78, 5) is 22.3. The minimum absolute atomic E-state index is 0.110. The number of hydrogen-bond donors (Lipinski definition) is 3. The van der Waals surface area contributed by atoms with Crippen molar-refractivity contribution >= 4 is 33.2 Å². The van der Waals surface area contributed by atoms with Crippen molar-refractivity contribution in [2.45, 2.75) is 69.7 Å². The highest BCUT2D eigenvalue weighted by atomic mass is 35.5. The molecule has 1 amide bonds. The van der Waals surface area contributed by atoms with Crippen LogP contribution in [0.15, 0.2) is 54.9 Å². The molecule has 2 saturated heterocycles. The van der Waals surface area contributed by atoms with Crippen LogP contribution in [0, 0.1) is 5.82 Å². The minimum Gasteiger partial charge on any atom is -0.461 e. The first-order valence-corrected chi connectivity index (χ1v) is 16.8. The van der Waals surface area contributed by atoms with E-state index in [2.05, 4.69) is 20.6 Å². The van der Waals surface area contributed by atoms with Crippen molar-refractivity contribution in [2.24, 2.45) is 5.73 Å². The van der Waals surface area contributed by atoms with E-state index >= 15 is 4.39 Å². The van der Waals surface area contributed by atoms with Crippen LogP contribution in [0.3, 0.4) is 0 Å². The second-order valence-corrected chi connectivity index (χ2v) is 14.1. The topological polar surface area (TPSA) is 140 Å². The van der Waals surface area contributed by atoms with E-state index in [0.29, 0.717) is 42.1 Å². The molecule has 1 unspecified atom stereocenters. The normalized spacial score (nSPS) is 22.5. The van der Waals surface area contributed by atoms with Gasteiger partial charge in [-0.1, -0.05) is 29.8 Å². The summed E-state index contributed by atoms with van der Waals surface area (Å²) in [6.45, 7) is 4.65. The number of piperazine rings is 1. The van der Waals surface area contributed by atoms with E-state index < -0.39 is 33.7 Å². The van der Waals surface area contributed by atoms with Gasteiger partial charge in [0.15, 0.2) is 0 Å². The zero-order valence-corrected chi connectivity index (χ0v) is 26.3. The number of nitrogens with two attached hydrogens (primary N) is 1. The molecule has 2 bridgehead atoms. The molecule has 13 heteroatoms. The lowest BCUT2D eigenvalue weighted by Gasteiger charge is -2.37. The predicted octanol–water partition coefficient (Wildman–Crippen LogP) is 3.85. The van der Waals surface area contributed by atoms with Crippen LogP contribution < -0.4 is 21.1 Å². The summed E-state index contributed by atoms with van der Waals surface area (Å²) in [5.74, 6) is -1.54. The third-order valence-corrected chi connectivity index (χ3v) is 10.3. The molecule has 44 heavy (non-hydrogen) atoms.